The summed E-state index contributed by atoms with van der Waals surface area (Å²) in [6, 6.07) is 13.4. The average molecular weight is 268 g/mol. The molecule has 1 aliphatic carbocycles. The summed E-state index contributed by atoms with van der Waals surface area (Å²) in [6.07, 6.45) is 5.46. The summed E-state index contributed by atoms with van der Waals surface area (Å²) in [5.74, 6) is 2.65. The van der Waals surface area contributed by atoms with Crippen molar-refractivity contribution in [2.45, 2.75) is 45.4 Å². The molecule has 0 spiro atoms. The molecule has 0 N–H and O–H groups in total. The largest absolute Gasteiger partial charge is 0.494 e. The topological polar surface area (TPSA) is 9.23 Å². The van der Waals surface area contributed by atoms with Crippen LogP contribution < -0.4 is 4.74 Å². The van der Waals surface area contributed by atoms with Crippen LogP contribution in [0, 0.1) is 5.92 Å². The van der Waals surface area contributed by atoms with Crippen molar-refractivity contribution in [1.82, 2.24) is 0 Å². The van der Waals surface area contributed by atoms with Crippen molar-refractivity contribution in [3.8, 4) is 5.75 Å². The number of rotatable bonds is 3. The van der Waals surface area contributed by atoms with Crippen LogP contribution in [0.25, 0.3) is 10.8 Å². The Bertz CT molecular complexity index is 579. The third-order valence-corrected chi connectivity index (χ3v) is 4.63. The molecule has 0 aromatic heterocycles. The van der Waals surface area contributed by atoms with Gasteiger partial charge in [-0.25, -0.2) is 0 Å². The molecule has 2 aromatic carbocycles. The van der Waals surface area contributed by atoms with E-state index in [9.17, 15) is 0 Å². The molecule has 3 rings (SSSR count). The van der Waals surface area contributed by atoms with E-state index in [0.717, 1.165) is 24.2 Å². The first-order valence-corrected chi connectivity index (χ1v) is 7.92. The van der Waals surface area contributed by atoms with Gasteiger partial charge in [0, 0.05) is 0 Å². The molecular formula is C19H24O. The van der Waals surface area contributed by atoms with E-state index in [1.54, 1.807) is 0 Å². The summed E-state index contributed by atoms with van der Waals surface area (Å²) in [7, 11) is 0. The summed E-state index contributed by atoms with van der Waals surface area (Å²) in [5, 5.41) is 2.62. The Labute approximate surface area is 122 Å². The molecular weight excluding hydrogens is 244 g/mol. The lowest BCUT2D eigenvalue weighted by atomic mass is 9.79. The van der Waals surface area contributed by atoms with Gasteiger partial charge in [-0.15, -0.1) is 0 Å². The van der Waals surface area contributed by atoms with Gasteiger partial charge in [0.25, 0.3) is 0 Å². The highest BCUT2D eigenvalue weighted by molar-refractivity contribution is 5.84. The minimum absolute atomic E-state index is 0.726. The van der Waals surface area contributed by atoms with Gasteiger partial charge in [0.15, 0.2) is 0 Å². The quantitative estimate of drug-likeness (QED) is 0.711. The second-order valence-electron chi connectivity index (χ2n) is 6.16. The number of ether oxygens (including phenoxy) is 1. The van der Waals surface area contributed by atoms with Crippen LogP contribution in [0.4, 0.5) is 0 Å². The normalized spacial score (nSPS) is 22.9. The first-order valence-electron chi connectivity index (χ1n) is 7.92. The van der Waals surface area contributed by atoms with Crippen molar-refractivity contribution in [3.63, 3.8) is 0 Å². The van der Waals surface area contributed by atoms with Crippen LogP contribution in [0.5, 0.6) is 5.75 Å². The molecule has 0 atom stereocenters. The van der Waals surface area contributed by atoms with Crippen LogP contribution in [-0.2, 0) is 0 Å². The summed E-state index contributed by atoms with van der Waals surface area (Å²) in [6.45, 7) is 5.13. The van der Waals surface area contributed by atoms with E-state index in [2.05, 4.69) is 43.3 Å². The standard InChI is InChI=1S/C19H24O/c1-3-20-19-11-10-17-12-16(8-9-18(17)13-19)15-6-4-14(2)5-7-15/h8-15H,3-7H2,1-2H3. The second kappa shape index (κ2) is 5.87. The van der Waals surface area contributed by atoms with E-state index in [1.807, 2.05) is 6.92 Å². The number of fused-ring (bicyclic) bond motifs is 1. The molecule has 0 unspecified atom stereocenters. The molecule has 106 valence electrons. The third kappa shape index (κ3) is 2.82. The lowest BCUT2D eigenvalue weighted by Gasteiger charge is -2.26. The van der Waals surface area contributed by atoms with E-state index in [-0.39, 0.29) is 0 Å². The predicted molar refractivity (Wildman–Crippen MR) is 85.5 cm³/mol. The van der Waals surface area contributed by atoms with E-state index < -0.39 is 0 Å². The Morgan fingerprint density at radius 1 is 0.950 bits per heavy atom. The fourth-order valence-corrected chi connectivity index (χ4v) is 3.35. The minimum Gasteiger partial charge on any atom is -0.494 e. The molecule has 1 aliphatic rings. The van der Waals surface area contributed by atoms with Gasteiger partial charge < -0.3 is 4.74 Å². The van der Waals surface area contributed by atoms with Crippen LogP contribution in [0.3, 0.4) is 0 Å². The monoisotopic (exact) mass is 268 g/mol. The lowest BCUT2D eigenvalue weighted by molar-refractivity contribution is 0.340. The van der Waals surface area contributed by atoms with Gasteiger partial charge in [0.2, 0.25) is 0 Å². The molecule has 20 heavy (non-hydrogen) atoms. The van der Waals surface area contributed by atoms with E-state index in [4.69, 9.17) is 4.74 Å². The van der Waals surface area contributed by atoms with Gasteiger partial charge in [-0.1, -0.05) is 44.0 Å². The molecule has 1 fully saturated rings. The van der Waals surface area contributed by atoms with Crippen molar-refractivity contribution in [3.05, 3.63) is 42.0 Å². The van der Waals surface area contributed by atoms with Crippen LogP contribution in [0.1, 0.15) is 51.0 Å². The molecule has 1 heteroatoms. The van der Waals surface area contributed by atoms with Crippen LogP contribution in [0.15, 0.2) is 36.4 Å². The summed E-state index contributed by atoms with van der Waals surface area (Å²) < 4.78 is 5.57. The SMILES string of the molecule is CCOc1ccc2cc(C3CCC(C)CC3)ccc2c1. The molecule has 1 saturated carbocycles. The molecule has 0 bridgehead atoms. The van der Waals surface area contributed by atoms with Crippen molar-refractivity contribution in [1.29, 1.82) is 0 Å². The Morgan fingerprint density at radius 3 is 2.40 bits per heavy atom. The van der Waals surface area contributed by atoms with Crippen molar-refractivity contribution < 1.29 is 4.74 Å². The van der Waals surface area contributed by atoms with Gasteiger partial charge in [0.05, 0.1) is 6.61 Å². The lowest BCUT2D eigenvalue weighted by Crippen LogP contribution is -2.10. The van der Waals surface area contributed by atoms with Gasteiger partial charge in [-0.3, -0.25) is 0 Å². The van der Waals surface area contributed by atoms with Gasteiger partial charge in [-0.05, 0) is 60.1 Å². The summed E-state index contributed by atoms with van der Waals surface area (Å²) >= 11 is 0. The smallest absolute Gasteiger partial charge is 0.119 e. The highest BCUT2D eigenvalue weighted by Crippen LogP contribution is 2.36. The molecule has 0 radical (unpaired) electrons. The Kier molecular flexibility index (Phi) is 3.95. The van der Waals surface area contributed by atoms with Crippen LogP contribution >= 0.6 is 0 Å². The first kappa shape index (κ1) is 13.5. The van der Waals surface area contributed by atoms with E-state index in [1.165, 1.54) is 42.0 Å². The number of hydrogen-bond donors (Lipinski definition) is 0. The zero-order valence-electron chi connectivity index (χ0n) is 12.6. The molecule has 0 amide bonds. The van der Waals surface area contributed by atoms with Crippen LogP contribution in [0.2, 0.25) is 0 Å². The summed E-state index contributed by atoms with van der Waals surface area (Å²) in [5.41, 5.74) is 1.52. The highest BCUT2D eigenvalue weighted by atomic mass is 16.5. The zero-order valence-corrected chi connectivity index (χ0v) is 12.6. The molecule has 0 saturated heterocycles. The molecule has 2 aromatic rings. The number of benzene rings is 2. The number of hydrogen-bond acceptors (Lipinski definition) is 1. The van der Waals surface area contributed by atoms with Gasteiger partial charge in [-0.2, -0.15) is 0 Å². The maximum absolute atomic E-state index is 5.57. The van der Waals surface area contributed by atoms with E-state index >= 15 is 0 Å². The van der Waals surface area contributed by atoms with E-state index in [0.29, 0.717) is 0 Å². The molecule has 1 nitrogen and oxygen atoms in total. The molecule has 0 heterocycles. The fourth-order valence-electron chi connectivity index (χ4n) is 3.35. The fraction of sp³-hybridized carbons (Fsp3) is 0.474. The molecule has 0 aliphatic heterocycles. The van der Waals surface area contributed by atoms with Gasteiger partial charge in [0.1, 0.15) is 5.75 Å². The second-order valence-corrected chi connectivity index (χ2v) is 6.16. The predicted octanol–water partition coefficient (Wildman–Crippen LogP) is 5.53. The Balaban J connectivity index is 1.85. The Hall–Kier alpha value is -1.50. The summed E-state index contributed by atoms with van der Waals surface area (Å²) in [4.78, 5) is 0. The average Bonchev–Trinajstić information content (AvgIpc) is 2.48. The first-order chi connectivity index (χ1) is 9.76. The van der Waals surface area contributed by atoms with Crippen LogP contribution in [-0.4, -0.2) is 6.61 Å². The van der Waals surface area contributed by atoms with Crippen molar-refractivity contribution >= 4 is 10.8 Å². The van der Waals surface area contributed by atoms with Gasteiger partial charge >= 0.3 is 0 Å². The van der Waals surface area contributed by atoms with Crippen molar-refractivity contribution in [2.75, 3.05) is 6.61 Å². The van der Waals surface area contributed by atoms with Crippen molar-refractivity contribution in [2.24, 2.45) is 5.92 Å². The Morgan fingerprint density at radius 2 is 1.65 bits per heavy atom. The highest BCUT2D eigenvalue weighted by Gasteiger charge is 2.19. The maximum atomic E-state index is 5.57. The maximum Gasteiger partial charge on any atom is 0.119 e. The zero-order chi connectivity index (χ0) is 13.9. The minimum atomic E-state index is 0.726. The third-order valence-electron chi connectivity index (χ3n) is 4.63.